The monoisotopic (exact) mass is 185 g/mol. The zero-order valence-electron chi connectivity index (χ0n) is 7.13. The lowest BCUT2D eigenvalue weighted by Crippen LogP contribution is -2.35. The maximum Gasteiger partial charge on any atom is 0.323 e. The number of H-pyrrole nitrogens is 2. The number of imidazole rings is 1. The van der Waals surface area contributed by atoms with E-state index >= 15 is 0 Å². The summed E-state index contributed by atoms with van der Waals surface area (Å²) in [5.41, 5.74) is -0.271. The lowest BCUT2D eigenvalue weighted by Gasteiger charge is -2.08. The molecule has 6 nitrogen and oxygen atoms in total. The molecule has 1 rings (SSSR count). The number of aliphatic hydroxyl groups excluding tert-OH is 1. The lowest BCUT2D eigenvalue weighted by atomic mass is 10.3. The summed E-state index contributed by atoms with van der Waals surface area (Å²) in [6.45, 7) is 1.52. The van der Waals surface area contributed by atoms with Gasteiger partial charge in [-0.25, -0.2) is 4.79 Å². The number of hydrogen-bond donors (Lipinski definition) is 4. The summed E-state index contributed by atoms with van der Waals surface area (Å²) < 4.78 is 0. The van der Waals surface area contributed by atoms with Crippen molar-refractivity contribution in [3.63, 3.8) is 0 Å². The van der Waals surface area contributed by atoms with E-state index in [0.29, 0.717) is 0 Å². The maximum atomic E-state index is 11.2. The molecule has 0 aliphatic heterocycles. The molecule has 0 spiro atoms. The highest BCUT2D eigenvalue weighted by atomic mass is 16.3. The van der Waals surface area contributed by atoms with Gasteiger partial charge >= 0.3 is 5.69 Å². The molecular formula is C7H11N3O3. The van der Waals surface area contributed by atoms with Gasteiger partial charge < -0.3 is 20.4 Å². The summed E-state index contributed by atoms with van der Waals surface area (Å²) in [5.74, 6) is -0.417. The predicted molar refractivity (Wildman–Crippen MR) is 45.4 cm³/mol. The first kappa shape index (κ1) is 9.53. The molecule has 13 heavy (non-hydrogen) atoms. The Bertz CT molecular complexity index is 341. The van der Waals surface area contributed by atoms with E-state index in [0.717, 1.165) is 0 Å². The molecule has 72 valence electrons. The molecular weight excluding hydrogens is 174 g/mol. The van der Waals surface area contributed by atoms with Crippen LogP contribution >= 0.6 is 0 Å². The van der Waals surface area contributed by atoms with Crippen LogP contribution < -0.4 is 11.0 Å². The van der Waals surface area contributed by atoms with Crippen molar-refractivity contribution in [2.24, 2.45) is 0 Å². The third-order valence-corrected chi connectivity index (χ3v) is 1.49. The predicted octanol–water partition coefficient (Wildman–Crippen LogP) is -1.19. The minimum absolute atomic E-state index is 0.138. The fourth-order valence-electron chi connectivity index (χ4n) is 0.802. The Kier molecular flexibility index (Phi) is 2.86. The molecule has 1 heterocycles. The highest BCUT2D eigenvalue weighted by Crippen LogP contribution is 1.89. The van der Waals surface area contributed by atoms with E-state index in [4.69, 9.17) is 5.11 Å². The first-order valence-corrected chi connectivity index (χ1v) is 3.83. The van der Waals surface area contributed by atoms with Crippen molar-refractivity contribution in [3.8, 4) is 0 Å². The van der Waals surface area contributed by atoms with Crippen molar-refractivity contribution in [2.75, 3.05) is 6.61 Å². The zero-order valence-corrected chi connectivity index (χ0v) is 7.13. The normalized spacial score (nSPS) is 12.5. The van der Waals surface area contributed by atoms with E-state index in [2.05, 4.69) is 15.3 Å². The van der Waals surface area contributed by atoms with E-state index in [1.807, 2.05) is 0 Å². The van der Waals surface area contributed by atoms with Crippen LogP contribution in [-0.2, 0) is 0 Å². The number of hydrogen-bond acceptors (Lipinski definition) is 3. The van der Waals surface area contributed by atoms with Crippen LogP contribution in [0.5, 0.6) is 0 Å². The SMILES string of the molecule is C[C@@H](CO)NC(=O)c1c[nH]c(=O)[nH]1. The number of aliphatic hydroxyl groups is 1. The molecule has 0 aliphatic rings. The Balaban J connectivity index is 2.64. The van der Waals surface area contributed by atoms with Gasteiger partial charge in [-0.2, -0.15) is 0 Å². The maximum absolute atomic E-state index is 11.2. The molecule has 0 fully saturated rings. The molecule has 0 unspecified atom stereocenters. The van der Waals surface area contributed by atoms with Crippen LogP contribution in [0.2, 0.25) is 0 Å². The van der Waals surface area contributed by atoms with Crippen LogP contribution in [0.25, 0.3) is 0 Å². The Morgan fingerprint density at radius 1 is 1.77 bits per heavy atom. The molecule has 0 radical (unpaired) electrons. The molecule has 1 aromatic rings. The first-order chi connectivity index (χ1) is 6.13. The van der Waals surface area contributed by atoms with Gasteiger partial charge in [0.25, 0.3) is 5.91 Å². The Hall–Kier alpha value is -1.56. The molecule has 0 aliphatic carbocycles. The van der Waals surface area contributed by atoms with Crippen LogP contribution in [0, 0.1) is 0 Å². The van der Waals surface area contributed by atoms with Gasteiger partial charge in [0.1, 0.15) is 5.69 Å². The minimum Gasteiger partial charge on any atom is -0.394 e. The molecule has 0 aromatic carbocycles. The summed E-state index contributed by atoms with van der Waals surface area (Å²) in [6.07, 6.45) is 1.28. The van der Waals surface area contributed by atoms with Crippen molar-refractivity contribution in [1.29, 1.82) is 0 Å². The van der Waals surface area contributed by atoms with Gasteiger partial charge in [0.05, 0.1) is 6.61 Å². The van der Waals surface area contributed by atoms with Crippen LogP contribution in [0.15, 0.2) is 11.0 Å². The third-order valence-electron chi connectivity index (χ3n) is 1.49. The van der Waals surface area contributed by atoms with Gasteiger partial charge in [0.15, 0.2) is 0 Å². The number of nitrogens with one attached hydrogen (secondary N) is 3. The number of amides is 1. The van der Waals surface area contributed by atoms with Crippen LogP contribution in [-0.4, -0.2) is 33.6 Å². The van der Waals surface area contributed by atoms with Gasteiger partial charge in [-0.1, -0.05) is 0 Å². The van der Waals surface area contributed by atoms with Gasteiger partial charge in [-0.05, 0) is 6.92 Å². The standard InChI is InChI=1S/C7H11N3O3/c1-4(3-11)9-6(12)5-2-8-7(13)10-5/h2,4,11H,3H2,1H3,(H,9,12)(H2,8,10,13)/t4-/m0/s1. The van der Waals surface area contributed by atoms with E-state index in [1.54, 1.807) is 6.92 Å². The van der Waals surface area contributed by atoms with Gasteiger partial charge in [-0.15, -0.1) is 0 Å². The Labute approximate surface area is 74.0 Å². The summed E-state index contributed by atoms with van der Waals surface area (Å²) >= 11 is 0. The van der Waals surface area contributed by atoms with Crippen molar-refractivity contribution in [1.82, 2.24) is 15.3 Å². The van der Waals surface area contributed by atoms with Crippen molar-refractivity contribution >= 4 is 5.91 Å². The minimum atomic E-state index is -0.429. The van der Waals surface area contributed by atoms with Crippen LogP contribution in [0.4, 0.5) is 0 Å². The zero-order chi connectivity index (χ0) is 9.84. The van der Waals surface area contributed by atoms with Gasteiger partial charge in [0.2, 0.25) is 0 Å². The highest BCUT2D eigenvalue weighted by Gasteiger charge is 2.09. The van der Waals surface area contributed by atoms with Crippen LogP contribution in [0.1, 0.15) is 17.4 Å². The Morgan fingerprint density at radius 3 is 2.92 bits per heavy atom. The summed E-state index contributed by atoms with van der Waals surface area (Å²) in [7, 11) is 0. The van der Waals surface area contributed by atoms with E-state index in [1.165, 1.54) is 6.20 Å². The molecule has 1 atom stereocenters. The molecule has 6 heteroatoms. The second-order valence-corrected chi connectivity index (χ2v) is 2.71. The van der Waals surface area contributed by atoms with E-state index in [-0.39, 0.29) is 18.3 Å². The van der Waals surface area contributed by atoms with Crippen molar-refractivity contribution in [3.05, 3.63) is 22.4 Å². The van der Waals surface area contributed by atoms with Crippen LogP contribution in [0.3, 0.4) is 0 Å². The van der Waals surface area contributed by atoms with Crippen molar-refractivity contribution in [2.45, 2.75) is 13.0 Å². The number of aromatic nitrogens is 2. The molecule has 1 aromatic heterocycles. The second-order valence-electron chi connectivity index (χ2n) is 2.71. The molecule has 0 saturated heterocycles. The number of carbonyl (C=O) groups excluding carboxylic acids is 1. The average Bonchev–Trinajstić information content (AvgIpc) is 2.51. The summed E-state index contributed by atoms with van der Waals surface area (Å²) in [4.78, 5) is 26.4. The Morgan fingerprint density at radius 2 is 2.46 bits per heavy atom. The lowest BCUT2D eigenvalue weighted by molar-refractivity contribution is 0.0917. The van der Waals surface area contributed by atoms with E-state index in [9.17, 15) is 9.59 Å². The number of rotatable bonds is 3. The fraction of sp³-hybridized carbons (Fsp3) is 0.429. The fourth-order valence-corrected chi connectivity index (χ4v) is 0.802. The largest absolute Gasteiger partial charge is 0.394 e. The molecule has 0 saturated carbocycles. The second kappa shape index (κ2) is 3.90. The highest BCUT2D eigenvalue weighted by molar-refractivity contribution is 5.92. The summed E-state index contributed by atoms with van der Waals surface area (Å²) in [5, 5.41) is 11.1. The smallest absolute Gasteiger partial charge is 0.323 e. The van der Waals surface area contributed by atoms with Gasteiger partial charge in [0, 0.05) is 12.2 Å². The third kappa shape index (κ3) is 2.45. The average molecular weight is 185 g/mol. The molecule has 4 N–H and O–H groups in total. The molecule has 0 bridgehead atoms. The number of carbonyl (C=O) groups is 1. The quantitative estimate of drug-likeness (QED) is 0.476. The topological polar surface area (TPSA) is 98.0 Å². The molecule has 1 amide bonds. The first-order valence-electron chi connectivity index (χ1n) is 3.83. The van der Waals surface area contributed by atoms with Crippen molar-refractivity contribution < 1.29 is 9.90 Å². The summed E-state index contributed by atoms with van der Waals surface area (Å²) in [6, 6.07) is -0.328. The van der Waals surface area contributed by atoms with E-state index < -0.39 is 11.6 Å². The van der Waals surface area contributed by atoms with Gasteiger partial charge in [-0.3, -0.25) is 4.79 Å². The number of aromatic amines is 2.